The van der Waals surface area contributed by atoms with Crippen molar-refractivity contribution in [2.24, 2.45) is 11.3 Å². The van der Waals surface area contributed by atoms with Gasteiger partial charge in [0.2, 0.25) is 0 Å². The monoisotopic (exact) mass is 240 g/mol. The Hall–Kier alpha value is -0.0800. The third-order valence-electron chi connectivity index (χ3n) is 4.25. The van der Waals surface area contributed by atoms with Crippen LogP contribution in [-0.2, 0) is 0 Å². The minimum atomic E-state index is 0.448. The van der Waals surface area contributed by atoms with Crippen molar-refractivity contribution in [2.75, 3.05) is 33.2 Å². The zero-order chi connectivity index (χ0) is 12.7. The molecular formula is C15H32N2. The van der Waals surface area contributed by atoms with Gasteiger partial charge in [0.15, 0.2) is 0 Å². The summed E-state index contributed by atoms with van der Waals surface area (Å²) >= 11 is 0. The molecule has 1 atom stereocenters. The quantitative estimate of drug-likeness (QED) is 0.666. The standard InChI is InChI=1S/C15H32N2/c1-5-10-15(3,12-16-4)13-17(6-2)11-14-8-7-9-14/h14,16H,5-13H2,1-4H3. The van der Waals surface area contributed by atoms with E-state index < -0.39 is 0 Å². The van der Waals surface area contributed by atoms with Gasteiger partial charge in [-0.3, -0.25) is 0 Å². The van der Waals surface area contributed by atoms with Crippen LogP contribution < -0.4 is 5.32 Å². The number of hydrogen-bond donors (Lipinski definition) is 1. The first-order chi connectivity index (χ1) is 8.13. The highest BCUT2D eigenvalue weighted by atomic mass is 15.1. The Balaban J connectivity index is 2.43. The summed E-state index contributed by atoms with van der Waals surface area (Å²) in [6, 6.07) is 0. The molecule has 0 aromatic heterocycles. The van der Waals surface area contributed by atoms with Gasteiger partial charge in [0, 0.05) is 19.6 Å². The molecule has 102 valence electrons. The van der Waals surface area contributed by atoms with E-state index in [1.165, 1.54) is 51.7 Å². The first kappa shape index (κ1) is 15.0. The number of nitrogens with zero attached hydrogens (tertiary/aromatic N) is 1. The van der Waals surface area contributed by atoms with E-state index in [9.17, 15) is 0 Å². The van der Waals surface area contributed by atoms with Gasteiger partial charge in [-0.25, -0.2) is 0 Å². The van der Waals surface area contributed by atoms with E-state index in [4.69, 9.17) is 0 Å². The third kappa shape index (κ3) is 4.97. The smallest absolute Gasteiger partial charge is 0.00475 e. The van der Waals surface area contributed by atoms with Crippen molar-refractivity contribution >= 4 is 0 Å². The SMILES string of the molecule is CCCC(C)(CNC)CN(CC)CC1CCC1. The van der Waals surface area contributed by atoms with Crippen LogP contribution in [-0.4, -0.2) is 38.1 Å². The lowest BCUT2D eigenvalue weighted by Crippen LogP contribution is -2.44. The lowest BCUT2D eigenvalue weighted by Gasteiger charge is -2.38. The van der Waals surface area contributed by atoms with Crippen LogP contribution >= 0.6 is 0 Å². The van der Waals surface area contributed by atoms with Crippen LogP contribution in [0.25, 0.3) is 0 Å². The van der Waals surface area contributed by atoms with Crippen molar-refractivity contribution in [2.45, 2.75) is 52.9 Å². The van der Waals surface area contributed by atoms with Crippen molar-refractivity contribution in [3.63, 3.8) is 0 Å². The molecule has 0 heterocycles. The lowest BCUT2D eigenvalue weighted by molar-refractivity contribution is 0.118. The third-order valence-corrected chi connectivity index (χ3v) is 4.25. The number of nitrogens with one attached hydrogen (secondary N) is 1. The molecule has 2 nitrogen and oxygen atoms in total. The van der Waals surface area contributed by atoms with E-state index in [2.05, 4.69) is 38.0 Å². The first-order valence-electron chi connectivity index (χ1n) is 7.50. The molecule has 1 fully saturated rings. The molecule has 1 aliphatic rings. The fraction of sp³-hybridized carbons (Fsp3) is 1.00. The molecule has 0 aliphatic heterocycles. The van der Waals surface area contributed by atoms with Crippen molar-refractivity contribution in [3.05, 3.63) is 0 Å². The fourth-order valence-electron chi connectivity index (χ4n) is 3.14. The summed E-state index contributed by atoms with van der Waals surface area (Å²) in [6.45, 7) is 12.0. The predicted molar refractivity (Wildman–Crippen MR) is 76.4 cm³/mol. The van der Waals surface area contributed by atoms with Crippen molar-refractivity contribution in [1.29, 1.82) is 0 Å². The highest BCUT2D eigenvalue weighted by molar-refractivity contribution is 4.82. The van der Waals surface area contributed by atoms with E-state index >= 15 is 0 Å². The summed E-state index contributed by atoms with van der Waals surface area (Å²) in [5.74, 6) is 0.996. The minimum Gasteiger partial charge on any atom is -0.319 e. The summed E-state index contributed by atoms with van der Waals surface area (Å²) in [7, 11) is 2.08. The molecule has 17 heavy (non-hydrogen) atoms. The second-order valence-corrected chi connectivity index (χ2v) is 6.22. The summed E-state index contributed by atoms with van der Waals surface area (Å²) in [6.07, 6.45) is 7.01. The Labute approximate surface area is 108 Å². The normalized spacial score (nSPS) is 20.3. The lowest BCUT2D eigenvalue weighted by atomic mass is 9.82. The molecule has 0 aromatic carbocycles. The average Bonchev–Trinajstić information content (AvgIpc) is 2.22. The number of rotatable bonds is 9. The van der Waals surface area contributed by atoms with Gasteiger partial charge in [-0.15, -0.1) is 0 Å². The topological polar surface area (TPSA) is 15.3 Å². The second-order valence-electron chi connectivity index (χ2n) is 6.22. The molecule has 0 amide bonds. The van der Waals surface area contributed by atoms with Crippen LogP contribution in [0.1, 0.15) is 52.9 Å². The van der Waals surface area contributed by atoms with Crippen molar-refractivity contribution in [1.82, 2.24) is 10.2 Å². The highest BCUT2D eigenvalue weighted by Gasteiger charge is 2.27. The van der Waals surface area contributed by atoms with Gasteiger partial charge in [-0.1, -0.05) is 33.6 Å². The summed E-state index contributed by atoms with van der Waals surface area (Å²) in [5, 5.41) is 3.38. The van der Waals surface area contributed by atoms with Crippen molar-refractivity contribution < 1.29 is 0 Å². The Morgan fingerprint density at radius 1 is 1.29 bits per heavy atom. The molecule has 0 radical (unpaired) electrons. The maximum atomic E-state index is 3.38. The Morgan fingerprint density at radius 2 is 2.00 bits per heavy atom. The zero-order valence-electron chi connectivity index (χ0n) is 12.4. The van der Waals surface area contributed by atoms with Crippen LogP contribution in [0.2, 0.25) is 0 Å². The molecule has 1 aliphatic carbocycles. The maximum Gasteiger partial charge on any atom is 0.00475 e. The van der Waals surface area contributed by atoms with Crippen LogP contribution in [0.3, 0.4) is 0 Å². The molecule has 1 rings (SSSR count). The van der Waals surface area contributed by atoms with E-state index in [0.29, 0.717) is 5.41 Å². The Morgan fingerprint density at radius 3 is 2.41 bits per heavy atom. The summed E-state index contributed by atoms with van der Waals surface area (Å²) < 4.78 is 0. The summed E-state index contributed by atoms with van der Waals surface area (Å²) in [4.78, 5) is 2.68. The molecule has 0 spiro atoms. The van der Waals surface area contributed by atoms with Crippen LogP contribution in [0.4, 0.5) is 0 Å². The number of hydrogen-bond acceptors (Lipinski definition) is 2. The highest BCUT2D eigenvalue weighted by Crippen LogP contribution is 2.29. The van der Waals surface area contributed by atoms with Gasteiger partial charge in [-0.05, 0) is 44.2 Å². The van der Waals surface area contributed by atoms with E-state index in [1.807, 2.05) is 0 Å². The van der Waals surface area contributed by atoms with Crippen LogP contribution in [0.15, 0.2) is 0 Å². The predicted octanol–water partition coefficient (Wildman–Crippen LogP) is 3.13. The van der Waals surface area contributed by atoms with Crippen LogP contribution in [0.5, 0.6) is 0 Å². The zero-order valence-corrected chi connectivity index (χ0v) is 12.4. The average molecular weight is 240 g/mol. The molecule has 1 N–H and O–H groups in total. The van der Waals surface area contributed by atoms with Gasteiger partial charge in [0.25, 0.3) is 0 Å². The van der Waals surface area contributed by atoms with Gasteiger partial charge in [0.1, 0.15) is 0 Å². The molecule has 0 saturated heterocycles. The van der Waals surface area contributed by atoms with E-state index in [1.54, 1.807) is 0 Å². The first-order valence-corrected chi connectivity index (χ1v) is 7.50. The molecular weight excluding hydrogens is 208 g/mol. The minimum absolute atomic E-state index is 0.448. The second kappa shape index (κ2) is 7.38. The van der Waals surface area contributed by atoms with Crippen molar-refractivity contribution in [3.8, 4) is 0 Å². The fourth-order valence-corrected chi connectivity index (χ4v) is 3.14. The molecule has 1 unspecified atom stereocenters. The summed E-state index contributed by atoms with van der Waals surface area (Å²) in [5.41, 5.74) is 0.448. The maximum absolute atomic E-state index is 3.38. The Bertz CT molecular complexity index is 193. The van der Waals surface area contributed by atoms with Crippen LogP contribution in [0, 0.1) is 11.3 Å². The van der Waals surface area contributed by atoms with E-state index in [0.717, 1.165) is 12.5 Å². The van der Waals surface area contributed by atoms with Gasteiger partial charge in [0.05, 0.1) is 0 Å². The largest absolute Gasteiger partial charge is 0.319 e. The van der Waals surface area contributed by atoms with E-state index in [-0.39, 0.29) is 0 Å². The molecule has 0 bridgehead atoms. The van der Waals surface area contributed by atoms with Gasteiger partial charge in [-0.2, -0.15) is 0 Å². The molecule has 1 saturated carbocycles. The van der Waals surface area contributed by atoms with Gasteiger partial charge >= 0.3 is 0 Å². The van der Waals surface area contributed by atoms with Gasteiger partial charge < -0.3 is 10.2 Å². The molecule has 0 aromatic rings. The Kier molecular flexibility index (Phi) is 6.50. The molecule has 2 heteroatoms.